The number of rotatable bonds is 10. The smallest absolute Gasteiger partial charge is 0.352 e. The van der Waals surface area contributed by atoms with Gasteiger partial charge in [0.05, 0.1) is 15.5 Å². The van der Waals surface area contributed by atoms with Gasteiger partial charge >= 0.3 is 11.9 Å². The molecule has 1 saturated heterocycles. The highest BCUT2D eigenvalue weighted by Gasteiger charge is 2.54. The highest BCUT2D eigenvalue weighted by Crippen LogP contribution is 2.43. The van der Waals surface area contributed by atoms with Gasteiger partial charge in [0.1, 0.15) is 35.5 Å². The highest BCUT2D eigenvalue weighted by atomic mass is 32.2. The van der Waals surface area contributed by atoms with Crippen LogP contribution in [0, 0.1) is 17.5 Å². The SMILES string of the molecule is CCOC(=O)c1c(SCC2=C(C(=O)O)N3C(=O)[C@@H](NC(=O)/C(=N\OC)c4csc(N)n4)[C@H]3SC2)sc2c(F)c(F)c(F)cc2c1=O. The van der Waals surface area contributed by atoms with E-state index < -0.39 is 73.7 Å². The maximum absolute atomic E-state index is 14.7. The number of β-lactam (4-membered cyclic amide) rings is 1. The lowest BCUT2D eigenvalue weighted by Gasteiger charge is -2.49. The number of hydrogen-bond donors (Lipinski definition) is 3. The number of amides is 2. The number of aromatic nitrogens is 1. The number of benzene rings is 1. The molecule has 0 bridgehead atoms. The Morgan fingerprint density at radius 1 is 1.26 bits per heavy atom. The van der Waals surface area contributed by atoms with Crippen molar-refractivity contribution in [1.29, 1.82) is 0 Å². The molecule has 2 amide bonds. The molecule has 4 heterocycles. The molecule has 0 radical (unpaired) electrons. The fourth-order valence-corrected chi connectivity index (χ4v) is 9.00. The van der Waals surface area contributed by atoms with Gasteiger partial charge in [-0.1, -0.05) is 5.16 Å². The van der Waals surface area contributed by atoms with E-state index in [1.165, 1.54) is 19.4 Å². The standard InChI is InChI=1S/C26H20F3N5O8S4/c1-3-42-24(40)12-18(35)9-4-10(27)13(28)14(29)19(9)46-25(12)44-6-8-5-43-22-16(21(37)34(22)17(8)23(38)39)32-20(36)15(33-41-2)11-7-45-26(30)31-11/h4,7,16,22H,3,5-6H2,1-2H3,(H2,30,31)(H,32,36)(H,38,39)/b33-15-/t16-,22-/m1/s1. The van der Waals surface area contributed by atoms with E-state index >= 15 is 0 Å². The van der Waals surface area contributed by atoms with Gasteiger partial charge in [0.15, 0.2) is 28.3 Å². The maximum atomic E-state index is 14.7. The number of fused-ring (bicyclic) bond motifs is 2. The van der Waals surface area contributed by atoms with Crippen molar-refractivity contribution in [2.75, 3.05) is 31.0 Å². The Bertz CT molecular complexity index is 1930. The zero-order valence-corrected chi connectivity index (χ0v) is 26.7. The molecule has 242 valence electrons. The first-order valence-corrected chi connectivity index (χ1v) is 16.6. The van der Waals surface area contributed by atoms with Crippen LogP contribution in [0.5, 0.6) is 0 Å². The molecule has 0 aliphatic carbocycles. The van der Waals surface area contributed by atoms with E-state index in [1.807, 2.05) is 0 Å². The van der Waals surface area contributed by atoms with Crippen molar-refractivity contribution in [3.63, 3.8) is 0 Å². The Balaban J connectivity index is 1.43. The molecule has 20 heteroatoms. The molecule has 4 N–H and O–H groups in total. The van der Waals surface area contributed by atoms with E-state index in [9.17, 15) is 42.3 Å². The topological polar surface area (TPSA) is 191 Å². The summed E-state index contributed by atoms with van der Waals surface area (Å²) in [5.41, 5.74) is 3.68. The number of thiazole rings is 1. The molecule has 0 spiro atoms. The van der Waals surface area contributed by atoms with Gasteiger partial charge in [-0.15, -0.1) is 46.2 Å². The first-order chi connectivity index (χ1) is 21.9. The minimum absolute atomic E-state index is 0.0442. The molecule has 1 fully saturated rings. The molecule has 0 saturated carbocycles. The third-order valence-electron chi connectivity index (χ3n) is 6.54. The van der Waals surface area contributed by atoms with Gasteiger partial charge in [-0.05, 0) is 18.6 Å². The Morgan fingerprint density at radius 3 is 2.63 bits per heavy atom. The van der Waals surface area contributed by atoms with Crippen molar-refractivity contribution >= 4 is 90.9 Å². The van der Waals surface area contributed by atoms with E-state index in [0.29, 0.717) is 17.4 Å². The van der Waals surface area contributed by atoms with E-state index in [0.717, 1.165) is 39.8 Å². The van der Waals surface area contributed by atoms with Crippen molar-refractivity contribution < 1.29 is 47.0 Å². The minimum atomic E-state index is -1.80. The third-order valence-corrected chi connectivity index (χ3v) is 11.1. The average Bonchev–Trinajstić information content (AvgIpc) is 3.45. The van der Waals surface area contributed by atoms with Crippen molar-refractivity contribution in [3.8, 4) is 0 Å². The van der Waals surface area contributed by atoms with Crippen LogP contribution in [-0.2, 0) is 24.0 Å². The first kappa shape index (κ1) is 33.2. The van der Waals surface area contributed by atoms with Crippen LogP contribution in [0.2, 0.25) is 0 Å². The highest BCUT2D eigenvalue weighted by molar-refractivity contribution is 8.02. The van der Waals surface area contributed by atoms with Gasteiger partial charge in [0.2, 0.25) is 5.43 Å². The molecule has 2 aliphatic heterocycles. The van der Waals surface area contributed by atoms with Crippen LogP contribution in [0.3, 0.4) is 0 Å². The number of ether oxygens (including phenoxy) is 1. The number of carboxylic acids is 1. The fourth-order valence-electron chi connectivity index (χ4n) is 4.55. The molecule has 2 aromatic heterocycles. The zero-order valence-electron chi connectivity index (χ0n) is 23.4. The predicted octanol–water partition coefficient (Wildman–Crippen LogP) is 2.78. The van der Waals surface area contributed by atoms with Gasteiger partial charge in [-0.25, -0.2) is 27.7 Å². The number of esters is 1. The number of nitrogens with two attached hydrogens (primary N) is 1. The van der Waals surface area contributed by atoms with Gasteiger partial charge < -0.3 is 25.7 Å². The molecule has 0 unspecified atom stereocenters. The summed E-state index contributed by atoms with van der Waals surface area (Å²) in [4.78, 5) is 74.1. The number of hydrogen-bond acceptors (Lipinski definition) is 14. The number of oxime groups is 1. The van der Waals surface area contributed by atoms with Crippen LogP contribution in [0.1, 0.15) is 23.0 Å². The van der Waals surface area contributed by atoms with Crippen LogP contribution in [0.15, 0.2) is 36.9 Å². The molecule has 3 aromatic rings. The van der Waals surface area contributed by atoms with Gasteiger partial charge in [-0.2, -0.15) is 0 Å². The monoisotopic (exact) mass is 715 g/mol. The quantitative estimate of drug-likeness (QED) is 0.0696. The number of carbonyl (C=O) groups excluding carboxylic acids is 3. The molecule has 2 aliphatic rings. The minimum Gasteiger partial charge on any atom is -0.477 e. The molecule has 46 heavy (non-hydrogen) atoms. The first-order valence-electron chi connectivity index (χ1n) is 12.9. The molecule has 13 nitrogen and oxygen atoms in total. The second kappa shape index (κ2) is 13.3. The summed E-state index contributed by atoms with van der Waals surface area (Å²) >= 11 is 3.46. The largest absolute Gasteiger partial charge is 0.477 e. The lowest BCUT2D eigenvalue weighted by molar-refractivity contribution is -0.150. The Kier molecular flexibility index (Phi) is 9.61. The number of nitrogens with one attached hydrogen (secondary N) is 1. The number of nitrogens with zero attached hydrogens (tertiary/aromatic N) is 3. The Morgan fingerprint density at radius 2 is 2.00 bits per heavy atom. The van der Waals surface area contributed by atoms with Crippen molar-refractivity contribution in [2.24, 2.45) is 5.16 Å². The maximum Gasteiger partial charge on any atom is 0.352 e. The summed E-state index contributed by atoms with van der Waals surface area (Å²) in [6.45, 7) is 1.35. The van der Waals surface area contributed by atoms with Gasteiger partial charge in [-0.3, -0.25) is 19.3 Å². The Labute approximate surface area is 272 Å². The predicted molar refractivity (Wildman–Crippen MR) is 164 cm³/mol. The van der Waals surface area contributed by atoms with Crippen LogP contribution < -0.4 is 16.5 Å². The third kappa shape index (κ3) is 5.92. The van der Waals surface area contributed by atoms with Gasteiger partial charge in [0.25, 0.3) is 11.8 Å². The number of halogens is 3. The molecular weight excluding hydrogens is 696 g/mol. The fraction of sp³-hybridized carbons (Fsp3) is 0.269. The number of thioether (sulfide) groups is 2. The van der Waals surface area contributed by atoms with Crippen molar-refractivity contribution in [3.05, 3.63) is 61.6 Å². The average molecular weight is 716 g/mol. The van der Waals surface area contributed by atoms with E-state index in [2.05, 4.69) is 15.5 Å². The van der Waals surface area contributed by atoms with E-state index in [1.54, 1.807) is 0 Å². The summed E-state index contributed by atoms with van der Waals surface area (Å²) in [5.74, 6) is -9.28. The van der Waals surface area contributed by atoms with Crippen LogP contribution in [0.25, 0.3) is 10.1 Å². The van der Waals surface area contributed by atoms with Crippen LogP contribution in [-0.4, -0.2) is 81.1 Å². The van der Waals surface area contributed by atoms with E-state index in [-0.39, 0.29) is 50.1 Å². The molecular formula is C26H20F3N5O8S4. The summed E-state index contributed by atoms with van der Waals surface area (Å²) in [7, 11) is 1.21. The Hall–Kier alpha value is -4.14. The summed E-state index contributed by atoms with van der Waals surface area (Å²) in [6.07, 6.45) is 0. The second-order valence-corrected chi connectivity index (χ2v) is 13.5. The summed E-state index contributed by atoms with van der Waals surface area (Å²) < 4.78 is 46.9. The summed E-state index contributed by atoms with van der Waals surface area (Å²) in [6, 6.07) is -0.633. The van der Waals surface area contributed by atoms with Crippen molar-refractivity contribution in [1.82, 2.24) is 15.2 Å². The molecule has 5 rings (SSSR count). The number of anilines is 1. The van der Waals surface area contributed by atoms with Gasteiger partial charge in [0, 0.05) is 22.3 Å². The van der Waals surface area contributed by atoms with Crippen LogP contribution >= 0.6 is 46.2 Å². The summed E-state index contributed by atoms with van der Waals surface area (Å²) in [5, 5.41) is 16.5. The number of carboxylic acid groups (broad SMARTS) is 1. The van der Waals surface area contributed by atoms with E-state index in [4.69, 9.17) is 15.3 Å². The second-order valence-electron chi connectivity index (χ2n) is 9.28. The molecule has 1 aromatic carbocycles. The number of nitrogen functional groups attached to an aromatic ring is 1. The van der Waals surface area contributed by atoms with Crippen molar-refractivity contribution in [2.45, 2.75) is 22.5 Å². The lowest BCUT2D eigenvalue weighted by Crippen LogP contribution is -2.71. The lowest BCUT2D eigenvalue weighted by atomic mass is 10.0. The number of aliphatic carboxylic acids is 1. The molecule has 2 atom stereocenters. The normalized spacial score (nSPS) is 17.9. The van der Waals surface area contributed by atoms with Crippen LogP contribution in [0.4, 0.5) is 18.3 Å². The number of carbonyl (C=O) groups is 4. The zero-order chi connectivity index (χ0) is 33.4.